The molecule has 1 unspecified atom stereocenters. The summed E-state index contributed by atoms with van der Waals surface area (Å²) in [6, 6.07) is 0.669. The molecule has 4 heteroatoms. The first kappa shape index (κ1) is 12.4. The lowest BCUT2D eigenvalue weighted by molar-refractivity contribution is 0.242. The van der Waals surface area contributed by atoms with E-state index >= 15 is 0 Å². The van der Waals surface area contributed by atoms with E-state index in [1.807, 2.05) is 24.7 Å². The van der Waals surface area contributed by atoms with Crippen LogP contribution < -0.4 is 10.1 Å². The van der Waals surface area contributed by atoms with Crippen molar-refractivity contribution in [3.8, 4) is 5.75 Å². The Hall–Kier alpha value is -1.03. The van der Waals surface area contributed by atoms with Crippen molar-refractivity contribution in [2.45, 2.75) is 58.2 Å². The highest BCUT2D eigenvalue weighted by Gasteiger charge is 2.12. The summed E-state index contributed by atoms with van der Waals surface area (Å²) in [4.78, 5) is 0. The van der Waals surface area contributed by atoms with Crippen LogP contribution in [0.3, 0.4) is 0 Å². The second-order valence-corrected chi connectivity index (χ2v) is 5.04. The zero-order chi connectivity index (χ0) is 12.1. The van der Waals surface area contributed by atoms with Crippen molar-refractivity contribution in [1.82, 2.24) is 15.1 Å². The van der Waals surface area contributed by atoms with E-state index in [0.717, 1.165) is 18.7 Å². The molecule has 0 aliphatic carbocycles. The van der Waals surface area contributed by atoms with Gasteiger partial charge in [-0.3, -0.25) is 4.68 Å². The van der Waals surface area contributed by atoms with Crippen molar-refractivity contribution >= 4 is 0 Å². The first-order valence-corrected chi connectivity index (χ1v) is 6.66. The molecular formula is C13H23N3O. The van der Waals surface area contributed by atoms with Crippen LogP contribution in [0.5, 0.6) is 5.75 Å². The van der Waals surface area contributed by atoms with Crippen molar-refractivity contribution in [3.63, 3.8) is 0 Å². The van der Waals surface area contributed by atoms with E-state index in [4.69, 9.17) is 4.74 Å². The summed E-state index contributed by atoms with van der Waals surface area (Å²) in [6.07, 6.45) is 9.15. The van der Waals surface area contributed by atoms with Crippen molar-refractivity contribution in [2.24, 2.45) is 0 Å². The molecule has 0 saturated carbocycles. The Labute approximate surface area is 103 Å². The molecule has 1 aromatic heterocycles. The molecule has 17 heavy (non-hydrogen) atoms. The van der Waals surface area contributed by atoms with Gasteiger partial charge in [-0.05, 0) is 39.7 Å². The fraction of sp³-hybridized carbons (Fsp3) is 0.769. The molecular weight excluding hydrogens is 214 g/mol. The smallest absolute Gasteiger partial charge is 0.157 e. The van der Waals surface area contributed by atoms with Crippen LogP contribution in [0.15, 0.2) is 12.4 Å². The first-order valence-electron chi connectivity index (χ1n) is 6.66. The number of hydrogen-bond donors (Lipinski definition) is 1. The molecule has 0 radical (unpaired) electrons. The average Bonchev–Trinajstić information content (AvgIpc) is 2.75. The van der Waals surface area contributed by atoms with Gasteiger partial charge in [0.2, 0.25) is 0 Å². The van der Waals surface area contributed by atoms with Gasteiger partial charge in [0.05, 0.1) is 18.5 Å². The third-order valence-corrected chi connectivity index (χ3v) is 3.10. The van der Waals surface area contributed by atoms with Crippen LogP contribution in [-0.4, -0.2) is 28.5 Å². The topological polar surface area (TPSA) is 39.1 Å². The van der Waals surface area contributed by atoms with E-state index < -0.39 is 0 Å². The lowest BCUT2D eigenvalue weighted by Gasteiger charge is -2.23. The van der Waals surface area contributed by atoms with E-state index in [2.05, 4.69) is 10.4 Å². The monoisotopic (exact) mass is 237 g/mol. The number of rotatable bonds is 5. The molecule has 2 rings (SSSR count). The molecule has 0 amide bonds. The summed E-state index contributed by atoms with van der Waals surface area (Å²) in [5.74, 6) is 0.872. The number of aromatic nitrogens is 2. The fourth-order valence-corrected chi connectivity index (χ4v) is 2.26. The van der Waals surface area contributed by atoms with Gasteiger partial charge in [-0.1, -0.05) is 6.42 Å². The van der Waals surface area contributed by atoms with Crippen molar-refractivity contribution < 1.29 is 4.74 Å². The maximum atomic E-state index is 5.59. The maximum Gasteiger partial charge on any atom is 0.157 e. The van der Waals surface area contributed by atoms with Crippen LogP contribution in [-0.2, 0) is 6.54 Å². The minimum absolute atomic E-state index is 0.215. The SMILES string of the molecule is CC(C)Oc1cnn(CCC2CCCCN2)c1. The maximum absolute atomic E-state index is 5.59. The van der Waals surface area contributed by atoms with E-state index in [1.165, 1.54) is 25.8 Å². The van der Waals surface area contributed by atoms with E-state index in [0.29, 0.717) is 6.04 Å². The second kappa shape index (κ2) is 6.05. The van der Waals surface area contributed by atoms with E-state index in [-0.39, 0.29) is 6.10 Å². The summed E-state index contributed by atoms with van der Waals surface area (Å²) in [7, 11) is 0. The molecule has 1 fully saturated rings. The summed E-state index contributed by atoms with van der Waals surface area (Å²) in [6.45, 7) is 6.21. The molecule has 0 aromatic carbocycles. The van der Waals surface area contributed by atoms with E-state index in [9.17, 15) is 0 Å². The van der Waals surface area contributed by atoms with Gasteiger partial charge in [0.15, 0.2) is 5.75 Å². The molecule has 1 atom stereocenters. The van der Waals surface area contributed by atoms with Crippen molar-refractivity contribution in [2.75, 3.05) is 6.54 Å². The Bertz CT molecular complexity index is 329. The van der Waals surface area contributed by atoms with Crippen LogP contribution in [0.25, 0.3) is 0 Å². The number of nitrogens with one attached hydrogen (secondary N) is 1. The third-order valence-electron chi connectivity index (χ3n) is 3.10. The average molecular weight is 237 g/mol. The minimum Gasteiger partial charge on any atom is -0.488 e. The molecule has 1 aliphatic heterocycles. The number of ether oxygens (including phenoxy) is 1. The Kier molecular flexibility index (Phi) is 4.42. The summed E-state index contributed by atoms with van der Waals surface area (Å²) < 4.78 is 7.57. The number of piperidine rings is 1. The highest BCUT2D eigenvalue weighted by atomic mass is 16.5. The van der Waals surface area contributed by atoms with Gasteiger partial charge in [0.25, 0.3) is 0 Å². The Morgan fingerprint density at radius 3 is 3.12 bits per heavy atom. The largest absolute Gasteiger partial charge is 0.488 e. The standard InChI is InChI=1S/C13H23N3O/c1-11(2)17-13-9-15-16(10-13)8-6-12-5-3-4-7-14-12/h9-12,14H,3-8H2,1-2H3. The summed E-state index contributed by atoms with van der Waals surface area (Å²) in [5, 5.41) is 7.87. The number of aryl methyl sites for hydroxylation is 1. The highest BCUT2D eigenvalue weighted by Crippen LogP contribution is 2.13. The van der Waals surface area contributed by atoms with Gasteiger partial charge in [-0.25, -0.2) is 0 Å². The number of nitrogens with zero attached hydrogens (tertiary/aromatic N) is 2. The normalized spacial score (nSPS) is 20.8. The lowest BCUT2D eigenvalue weighted by Crippen LogP contribution is -2.34. The first-order chi connectivity index (χ1) is 8.24. The van der Waals surface area contributed by atoms with Gasteiger partial charge < -0.3 is 10.1 Å². The molecule has 1 saturated heterocycles. The van der Waals surface area contributed by atoms with E-state index in [1.54, 1.807) is 6.20 Å². The van der Waals surface area contributed by atoms with Crippen LogP contribution in [0.4, 0.5) is 0 Å². The van der Waals surface area contributed by atoms with Crippen LogP contribution in [0, 0.1) is 0 Å². The fourth-order valence-electron chi connectivity index (χ4n) is 2.26. The van der Waals surface area contributed by atoms with Crippen molar-refractivity contribution in [1.29, 1.82) is 0 Å². The zero-order valence-electron chi connectivity index (χ0n) is 10.9. The Morgan fingerprint density at radius 1 is 1.53 bits per heavy atom. The molecule has 1 aliphatic rings. The molecule has 1 aromatic rings. The van der Waals surface area contributed by atoms with Gasteiger partial charge in [-0.15, -0.1) is 0 Å². The lowest BCUT2D eigenvalue weighted by atomic mass is 10.0. The van der Waals surface area contributed by atoms with Crippen LogP contribution in [0.2, 0.25) is 0 Å². The van der Waals surface area contributed by atoms with Gasteiger partial charge in [0.1, 0.15) is 0 Å². The quantitative estimate of drug-likeness (QED) is 0.853. The number of hydrogen-bond acceptors (Lipinski definition) is 3. The molecule has 96 valence electrons. The van der Waals surface area contributed by atoms with Gasteiger partial charge >= 0.3 is 0 Å². The summed E-state index contributed by atoms with van der Waals surface area (Å²) in [5.41, 5.74) is 0. The zero-order valence-corrected chi connectivity index (χ0v) is 10.9. The van der Waals surface area contributed by atoms with Gasteiger partial charge in [0, 0.05) is 12.6 Å². The minimum atomic E-state index is 0.215. The molecule has 0 bridgehead atoms. The predicted octanol–water partition coefficient (Wildman–Crippen LogP) is 2.20. The van der Waals surface area contributed by atoms with Crippen molar-refractivity contribution in [3.05, 3.63) is 12.4 Å². The Morgan fingerprint density at radius 2 is 2.41 bits per heavy atom. The second-order valence-electron chi connectivity index (χ2n) is 5.04. The third kappa shape index (κ3) is 4.04. The Balaban J connectivity index is 1.76. The predicted molar refractivity (Wildman–Crippen MR) is 68.2 cm³/mol. The molecule has 1 N–H and O–H groups in total. The van der Waals surface area contributed by atoms with Gasteiger partial charge in [-0.2, -0.15) is 5.10 Å². The molecule has 2 heterocycles. The summed E-state index contributed by atoms with van der Waals surface area (Å²) >= 11 is 0. The highest BCUT2D eigenvalue weighted by molar-refractivity contribution is 5.11. The van der Waals surface area contributed by atoms with Crippen LogP contribution >= 0.6 is 0 Å². The molecule has 0 spiro atoms. The van der Waals surface area contributed by atoms with Crippen LogP contribution in [0.1, 0.15) is 39.5 Å². The molecule has 4 nitrogen and oxygen atoms in total.